The summed E-state index contributed by atoms with van der Waals surface area (Å²) in [5, 5.41) is 3.69. The van der Waals surface area contributed by atoms with Gasteiger partial charge < -0.3 is 9.88 Å². The smallest absolute Gasteiger partial charge is 0.0951 e. The van der Waals surface area contributed by atoms with E-state index >= 15 is 0 Å². The minimum atomic E-state index is 0.756. The minimum Gasteiger partial charge on any atom is -0.330 e. The van der Waals surface area contributed by atoms with Crippen LogP contribution in [0.4, 0.5) is 0 Å². The third-order valence-corrected chi connectivity index (χ3v) is 4.83. The van der Waals surface area contributed by atoms with Crippen LogP contribution in [0.5, 0.6) is 0 Å². The number of hydrogen-bond donors (Lipinski definition) is 1. The largest absolute Gasteiger partial charge is 0.330 e. The monoisotopic (exact) mass is 245 g/mol. The molecular formula is C15H23N3. The van der Waals surface area contributed by atoms with Gasteiger partial charge in [-0.05, 0) is 62.8 Å². The van der Waals surface area contributed by atoms with Gasteiger partial charge in [0.25, 0.3) is 0 Å². The van der Waals surface area contributed by atoms with Crippen molar-refractivity contribution in [2.24, 2.45) is 17.8 Å². The Labute approximate surface area is 109 Å². The molecular weight excluding hydrogens is 222 g/mol. The molecule has 1 aromatic rings. The molecule has 3 heteroatoms. The molecule has 98 valence electrons. The van der Waals surface area contributed by atoms with Crippen LogP contribution in [0.3, 0.4) is 0 Å². The highest BCUT2D eigenvalue weighted by Crippen LogP contribution is 2.48. The van der Waals surface area contributed by atoms with Gasteiger partial charge in [-0.25, -0.2) is 4.98 Å². The molecule has 0 aromatic carbocycles. The van der Waals surface area contributed by atoms with Gasteiger partial charge in [-0.15, -0.1) is 0 Å². The second kappa shape index (κ2) is 4.37. The van der Waals surface area contributed by atoms with Gasteiger partial charge >= 0.3 is 0 Å². The first-order chi connectivity index (χ1) is 8.92. The maximum absolute atomic E-state index is 4.30. The molecule has 0 bridgehead atoms. The number of nitrogens with zero attached hydrogens (tertiary/aromatic N) is 2. The van der Waals surface area contributed by atoms with Crippen LogP contribution in [0, 0.1) is 17.8 Å². The van der Waals surface area contributed by atoms with Gasteiger partial charge in [-0.1, -0.05) is 0 Å². The van der Waals surface area contributed by atoms with E-state index in [-0.39, 0.29) is 0 Å². The highest BCUT2D eigenvalue weighted by atomic mass is 15.1. The van der Waals surface area contributed by atoms with Gasteiger partial charge in [0.2, 0.25) is 0 Å². The van der Waals surface area contributed by atoms with E-state index in [2.05, 4.69) is 14.9 Å². The molecule has 0 atom stereocenters. The summed E-state index contributed by atoms with van der Waals surface area (Å²) in [5.41, 5.74) is 1.38. The SMILES string of the molecule is c1ncn(C2CC2)c1CNCC(C1CC1)C1CC1. The molecule has 3 nitrogen and oxygen atoms in total. The zero-order valence-electron chi connectivity index (χ0n) is 11.0. The van der Waals surface area contributed by atoms with Crippen LogP contribution in [0.25, 0.3) is 0 Å². The molecule has 0 saturated heterocycles. The van der Waals surface area contributed by atoms with Crippen molar-refractivity contribution >= 4 is 0 Å². The van der Waals surface area contributed by atoms with Crippen LogP contribution < -0.4 is 5.32 Å². The second-order valence-corrected chi connectivity index (χ2v) is 6.49. The fraction of sp³-hybridized carbons (Fsp3) is 0.800. The lowest BCUT2D eigenvalue weighted by atomic mass is 9.98. The van der Waals surface area contributed by atoms with Crippen LogP contribution in [0.15, 0.2) is 12.5 Å². The Kier molecular flexibility index (Phi) is 2.68. The van der Waals surface area contributed by atoms with Crippen molar-refractivity contribution in [3.8, 4) is 0 Å². The topological polar surface area (TPSA) is 29.9 Å². The lowest BCUT2D eigenvalue weighted by Crippen LogP contribution is -2.26. The Balaban J connectivity index is 1.30. The summed E-state index contributed by atoms with van der Waals surface area (Å²) in [7, 11) is 0. The van der Waals surface area contributed by atoms with E-state index in [1.165, 1.54) is 50.8 Å². The van der Waals surface area contributed by atoms with Crippen LogP contribution in [-0.4, -0.2) is 16.1 Å². The summed E-state index contributed by atoms with van der Waals surface area (Å²) in [6.07, 6.45) is 12.7. The van der Waals surface area contributed by atoms with Gasteiger partial charge in [-0.2, -0.15) is 0 Å². The molecule has 3 fully saturated rings. The Morgan fingerprint density at radius 3 is 2.50 bits per heavy atom. The first-order valence-corrected chi connectivity index (χ1v) is 7.63. The molecule has 0 radical (unpaired) electrons. The fourth-order valence-electron chi connectivity index (χ4n) is 3.28. The molecule has 1 aromatic heterocycles. The van der Waals surface area contributed by atoms with Crippen molar-refractivity contribution in [2.45, 2.75) is 51.1 Å². The number of hydrogen-bond acceptors (Lipinski definition) is 2. The molecule has 3 aliphatic carbocycles. The molecule has 3 saturated carbocycles. The van der Waals surface area contributed by atoms with Crippen LogP contribution in [0.1, 0.15) is 50.3 Å². The molecule has 0 amide bonds. The molecule has 0 unspecified atom stereocenters. The molecule has 1 N–H and O–H groups in total. The Bertz CT molecular complexity index is 401. The van der Waals surface area contributed by atoms with Crippen molar-refractivity contribution in [2.75, 3.05) is 6.54 Å². The summed E-state index contributed by atoms with van der Waals surface area (Å²) in [5.74, 6) is 3.08. The van der Waals surface area contributed by atoms with Gasteiger partial charge in [0.15, 0.2) is 0 Å². The standard InChI is InChI=1S/C15H23N3/c1-2-11(1)15(12-3-4-12)9-16-7-14-8-17-10-18(14)13-5-6-13/h8,10-13,15-16H,1-7,9H2. The van der Waals surface area contributed by atoms with Crippen LogP contribution >= 0.6 is 0 Å². The maximum Gasteiger partial charge on any atom is 0.0951 e. The number of nitrogens with one attached hydrogen (secondary N) is 1. The Morgan fingerprint density at radius 1 is 1.17 bits per heavy atom. The first-order valence-electron chi connectivity index (χ1n) is 7.63. The van der Waals surface area contributed by atoms with E-state index < -0.39 is 0 Å². The number of aromatic nitrogens is 2. The number of imidazole rings is 1. The summed E-state index contributed by atoms with van der Waals surface area (Å²) in [6.45, 7) is 2.23. The highest BCUT2D eigenvalue weighted by Gasteiger charge is 2.40. The average Bonchev–Trinajstić information content (AvgIpc) is 3.24. The lowest BCUT2D eigenvalue weighted by Gasteiger charge is -2.16. The first kappa shape index (κ1) is 11.0. The van der Waals surface area contributed by atoms with Crippen LogP contribution in [-0.2, 0) is 6.54 Å². The second-order valence-electron chi connectivity index (χ2n) is 6.49. The van der Waals surface area contributed by atoms with Crippen molar-refractivity contribution in [3.05, 3.63) is 18.2 Å². The van der Waals surface area contributed by atoms with Crippen molar-refractivity contribution < 1.29 is 0 Å². The van der Waals surface area contributed by atoms with E-state index in [9.17, 15) is 0 Å². The van der Waals surface area contributed by atoms with E-state index in [1.54, 1.807) is 0 Å². The molecule has 0 aliphatic heterocycles. The van der Waals surface area contributed by atoms with E-state index in [0.29, 0.717) is 0 Å². The summed E-state index contributed by atoms with van der Waals surface area (Å²) in [6, 6.07) is 0.756. The quantitative estimate of drug-likeness (QED) is 0.800. The van der Waals surface area contributed by atoms with E-state index in [0.717, 1.165) is 30.3 Å². The van der Waals surface area contributed by atoms with Gasteiger partial charge in [0.1, 0.15) is 0 Å². The zero-order chi connectivity index (χ0) is 11.9. The zero-order valence-corrected chi connectivity index (χ0v) is 11.0. The van der Waals surface area contributed by atoms with Crippen molar-refractivity contribution in [3.63, 3.8) is 0 Å². The predicted molar refractivity (Wildman–Crippen MR) is 71.1 cm³/mol. The predicted octanol–water partition coefficient (Wildman–Crippen LogP) is 2.74. The summed E-state index contributed by atoms with van der Waals surface area (Å²) < 4.78 is 2.37. The van der Waals surface area contributed by atoms with Gasteiger partial charge in [-0.3, -0.25) is 0 Å². The summed E-state index contributed by atoms with van der Waals surface area (Å²) in [4.78, 5) is 4.30. The highest BCUT2D eigenvalue weighted by molar-refractivity contribution is 5.03. The molecule has 3 aliphatic rings. The Morgan fingerprint density at radius 2 is 1.89 bits per heavy atom. The van der Waals surface area contributed by atoms with Gasteiger partial charge in [0, 0.05) is 18.8 Å². The number of rotatable bonds is 7. The van der Waals surface area contributed by atoms with Crippen molar-refractivity contribution in [1.29, 1.82) is 0 Å². The Hall–Kier alpha value is -0.830. The van der Waals surface area contributed by atoms with Gasteiger partial charge in [0.05, 0.1) is 12.0 Å². The normalized spacial score (nSPS) is 23.8. The average molecular weight is 245 g/mol. The lowest BCUT2D eigenvalue weighted by molar-refractivity contribution is 0.376. The molecule has 4 rings (SSSR count). The molecule has 1 heterocycles. The van der Waals surface area contributed by atoms with Crippen molar-refractivity contribution in [1.82, 2.24) is 14.9 Å². The summed E-state index contributed by atoms with van der Waals surface area (Å²) >= 11 is 0. The third kappa shape index (κ3) is 2.33. The minimum absolute atomic E-state index is 0.756. The van der Waals surface area contributed by atoms with E-state index in [4.69, 9.17) is 0 Å². The fourth-order valence-corrected chi connectivity index (χ4v) is 3.28. The van der Waals surface area contributed by atoms with E-state index in [1.807, 2.05) is 12.5 Å². The maximum atomic E-state index is 4.30. The molecule has 0 spiro atoms. The third-order valence-electron chi connectivity index (χ3n) is 4.83. The van der Waals surface area contributed by atoms with Crippen LogP contribution in [0.2, 0.25) is 0 Å². The molecule has 18 heavy (non-hydrogen) atoms.